The van der Waals surface area contributed by atoms with Gasteiger partial charge in [0, 0.05) is 15.1 Å². The smallest absolute Gasteiger partial charge is 0.264 e. The van der Waals surface area contributed by atoms with E-state index in [9.17, 15) is 4.79 Å². The van der Waals surface area contributed by atoms with Crippen molar-refractivity contribution in [2.45, 2.75) is 19.8 Å². The van der Waals surface area contributed by atoms with Crippen molar-refractivity contribution in [2.24, 2.45) is 0 Å². The predicted molar refractivity (Wildman–Crippen MR) is 89.7 cm³/mol. The lowest BCUT2D eigenvalue weighted by atomic mass is 10.2. The summed E-state index contributed by atoms with van der Waals surface area (Å²) >= 11 is 11.4. The Hall–Kier alpha value is -0.400. The number of nitrogens with zero attached hydrogens (tertiary/aromatic N) is 1. The third-order valence-electron chi connectivity index (χ3n) is 2.60. The normalized spacial score (nSPS) is 10.7. The molecular weight excluding hydrogens is 442 g/mol. The number of aryl methyl sites for hydroxylation is 1. The number of benzene rings is 1. The lowest BCUT2D eigenvalue weighted by Gasteiger charge is -2.08. The minimum atomic E-state index is -0.101. The molecule has 2 rings (SSSR count). The molecule has 1 heterocycles. The Balaban J connectivity index is 2.59. The van der Waals surface area contributed by atoms with Gasteiger partial charge < -0.3 is 4.98 Å². The van der Waals surface area contributed by atoms with E-state index in [1.807, 2.05) is 28.7 Å². The van der Waals surface area contributed by atoms with Crippen LogP contribution < -0.4 is 5.56 Å². The molecule has 0 radical (unpaired) electrons. The minimum absolute atomic E-state index is 0.101. The van der Waals surface area contributed by atoms with Crippen molar-refractivity contribution in [3.8, 4) is 11.4 Å². The highest BCUT2D eigenvalue weighted by molar-refractivity contribution is 14.1. The fourth-order valence-electron chi connectivity index (χ4n) is 1.72. The van der Waals surface area contributed by atoms with Gasteiger partial charge in [0.05, 0.1) is 9.26 Å². The molecule has 0 saturated carbocycles. The number of rotatable bonds is 3. The first kappa shape index (κ1) is 15.0. The zero-order valence-electron chi connectivity index (χ0n) is 10.1. The van der Waals surface area contributed by atoms with Crippen LogP contribution in [0.5, 0.6) is 0 Å². The molecule has 0 bridgehead atoms. The topological polar surface area (TPSA) is 45.8 Å². The highest BCUT2D eigenvalue weighted by Gasteiger charge is 2.12. The first-order valence-corrected chi connectivity index (χ1v) is 8.02. The molecule has 0 saturated heterocycles. The monoisotopic (exact) mass is 452 g/mol. The highest BCUT2D eigenvalue weighted by Crippen LogP contribution is 2.28. The zero-order chi connectivity index (χ0) is 14.0. The van der Waals surface area contributed by atoms with Crippen molar-refractivity contribution in [2.75, 3.05) is 0 Å². The van der Waals surface area contributed by atoms with Gasteiger partial charge >= 0.3 is 0 Å². The molecular formula is C13H11BrClIN2O. The molecule has 0 spiro atoms. The molecule has 0 amide bonds. The number of hydrogen-bond acceptors (Lipinski definition) is 2. The second-order valence-corrected chi connectivity index (χ2v) is 6.42. The molecule has 1 N–H and O–H groups in total. The number of hydrogen-bond donors (Lipinski definition) is 1. The van der Waals surface area contributed by atoms with Crippen LogP contribution in [0.4, 0.5) is 0 Å². The van der Waals surface area contributed by atoms with Crippen molar-refractivity contribution in [1.29, 1.82) is 0 Å². The van der Waals surface area contributed by atoms with E-state index >= 15 is 0 Å². The molecule has 0 atom stereocenters. The summed E-state index contributed by atoms with van der Waals surface area (Å²) in [6.45, 7) is 2.07. The minimum Gasteiger partial charge on any atom is -0.306 e. The van der Waals surface area contributed by atoms with E-state index in [1.54, 1.807) is 12.1 Å². The molecule has 0 aliphatic heterocycles. The van der Waals surface area contributed by atoms with Gasteiger partial charge in [-0.1, -0.05) is 24.9 Å². The Labute approximate surface area is 138 Å². The number of aromatic amines is 1. The van der Waals surface area contributed by atoms with E-state index in [0.29, 0.717) is 14.4 Å². The van der Waals surface area contributed by atoms with Gasteiger partial charge in [0.1, 0.15) is 5.82 Å². The van der Waals surface area contributed by atoms with Crippen molar-refractivity contribution >= 4 is 50.1 Å². The standard InChI is InChI=1S/C13H11BrClIN2O/c1-2-3-10-11(16)13(19)18-12(17-10)8-5-4-7(15)6-9(8)14/h4-6H,2-3H2,1H3,(H,17,18,19). The van der Waals surface area contributed by atoms with Crippen LogP contribution in [-0.4, -0.2) is 9.97 Å². The first-order valence-electron chi connectivity index (χ1n) is 5.77. The van der Waals surface area contributed by atoms with Crippen LogP contribution in [0.1, 0.15) is 19.0 Å². The molecule has 6 heteroatoms. The van der Waals surface area contributed by atoms with E-state index < -0.39 is 0 Å². The second-order valence-electron chi connectivity index (χ2n) is 4.05. The molecule has 1 aromatic heterocycles. The number of H-pyrrole nitrogens is 1. The Bertz CT molecular complexity index is 672. The molecule has 2 aromatic rings. The maximum atomic E-state index is 11.9. The van der Waals surface area contributed by atoms with Crippen LogP contribution in [0.2, 0.25) is 5.02 Å². The van der Waals surface area contributed by atoms with Gasteiger partial charge in [0.2, 0.25) is 0 Å². The average Bonchev–Trinajstić information content (AvgIpc) is 2.35. The Kier molecular flexibility index (Phi) is 5.03. The summed E-state index contributed by atoms with van der Waals surface area (Å²) in [4.78, 5) is 19.3. The first-order chi connectivity index (χ1) is 9.02. The molecule has 0 fully saturated rings. The van der Waals surface area contributed by atoms with E-state index in [-0.39, 0.29) is 5.56 Å². The van der Waals surface area contributed by atoms with E-state index in [2.05, 4.69) is 32.8 Å². The van der Waals surface area contributed by atoms with Crippen LogP contribution in [-0.2, 0) is 6.42 Å². The zero-order valence-corrected chi connectivity index (χ0v) is 14.6. The van der Waals surface area contributed by atoms with Crippen LogP contribution in [0.3, 0.4) is 0 Å². The van der Waals surface area contributed by atoms with Gasteiger partial charge in [-0.15, -0.1) is 0 Å². The quantitative estimate of drug-likeness (QED) is 0.700. The van der Waals surface area contributed by atoms with Crippen molar-refractivity contribution < 1.29 is 0 Å². The van der Waals surface area contributed by atoms with Crippen LogP contribution >= 0.6 is 50.1 Å². The summed E-state index contributed by atoms with van der Waals surface area (Å²) in [5.41, 5.74) is 1.56. The maximum absolute atomic E-state index is 11.9. The summed E-state index contributed by atoms with van der Waals surface area (Å²) in [6, 6.07) is 5.40. The van der Waals surface area contributed by atoms with Gasteiger partial charge in [-0.25, -0.2) is 4.98 Å². The molecule has 0 unspecified atom stereocenters. The maximum Gasteiger partial charge on any atom is 0.264 e. The predicted octanol–water partition coefficient (Wildman–Crippen LogP) is 4.41. The van der Waals surface area contributed by atoms with Gasteiger partial charge in [0.15, 0.2) is 0 Å². The third-order valence-corrected chi connectivity index (χ3v) is 4.61. The SMILES string of the molecule is CCCc1nc(-c2ccc(Cl)cc2Br)[nH]c(=O)c1I. The fourth-order valence-corrected chi connectivity index (χ4v) is 3.11. The van der Waals surface area contributed by atoms with Gasteiger partial charge in [0.25, 0.3) is 5.56 Å². The number of nitrogens with one attached hydrogen (secondary N) is 1. The number of halogens is 3. The second kappa shape index (κ2) is 6.37. The van der Waals surface area contributed by atoms with Gasteiger partial charge in [-0.05, 0) is 63.1 Å². The van der Waals surface area contributed by atoms with Crippen molar-refractivity contribution in [3.05, 3.63) is 47.3 Å². The lowest BCUT2D eigenvalue weighted by Crippen LogP contribution is -2.16. The van der Waals surface area contributed by atoms with Gasteiger partial charge in [-0.3, -0.25) is 4.79 Å². The third kappa shape index (κ3) is 3.38. The highest BCUT2D eigenvalue weighted by atomic mass is 127. The summed E-state index contributed by atoms with van der Waals surface area (Å²) in [5.74, 6) is 0.567. The van der Waals surface area contributed by atoms with Crippen LogP contribution in [0.25, 0.3) is 11.4 Å². The molecule has 0 aliphatic carbocycles. The molecule has 1 aromatic carbocycles. The van der Waals surface area contributed by atoms with E-state index in [1.165, 1.54) is 0 Å². The summed E-state index contributed by atoms with van der Waals surface area (Å²) in [7, 11) is 0. The van der Waals surface area contributed by atoms with Crippen LogP contribution in [0, 0.1) is 3.57 Å². The lowest BCUT2D eigenvalue weighted by molar-refractivity contribution is 0.860. The fraction of sp³-hybridized carbons (Fsp3) is 0.231. The Morgan fingerprint density at radius 3 is 2.84 bits per heavy atom. The summed E-state index contributed by atoms with van der Waals surface area (Å²) < 4.78 is 1.47. The molecule has 100 valence electrons. The molecule has 3 nitrogen and oxygen atoms in total. The molecule has 0 aliphatic rings. The average molecular weight is 454 g/mol. The summed E-state index contributed by atoms with van der Waals surface area (Å²) in [6.07, 6.45) is 1.74. The van der Waals surface area contributed by atoms with Crippen molar-refractivity contribution in [3.63, 3.8) is 0 Å². The largest absolute Gasteiger partial charge is 0.306 e. The van der Waals surface area contributed by atoms with Gasteiger partial charge in [-0.2, -0.15) is 0 Å². The Morgan fingerprint density at radius 1 is 1.47 bits per heavy atom. The van der Waals surface area contributed by atoms with Crippen LogP contribution in [0.15, 0.2) is 27.5 Å². The summed E-state index contributed by atoms with van der Waals surface area (Å²) in [5, 5.41) is 0.636. The molecule has 19 heavy (non-hydrogen) atoms. The van der Waals surface area contributed by atoms with E-state index in [0.717, 1.165) is 28.6 Å². The van der Waals surface area contributed by atoms with E-state index in [4.69, 9.17) is 11.6 Å². The Morgan fingerprint density at radius 2 is 2.21 bits per heavy atom. The number of aromatic nitrogens is 2. The van der Waals surface area contributed by atoms with Crippen molar-refractivity contribution in [1.82, 2.24) is 9.97 Å².